The maximum atomic E-state index is 4.47. The first kappa shape index (κ1) is 17.7. The van der Waals surface area contributed by atoms with E-state index in [-0.39, 0.29) is 0 Å². The van der Waals surface area contributed by atoms with Gasteiger partial charge in [-0.3, -0.25) is 9.47 Å². The zero-order valence-electron chi connectivity index (χ0n) is 15.2. The Morgan fingerprint density at radius 2 is 1.56 bits per heavy atom. The van der Waals surface area contributed by atoms with Crippen LogP contribution in [0.4, 0.5) is 0 Å². The van der Waals surface area contributed by atoms with Crippen molar-refractivity contribution in [3.05, 3.63) is 107 Å². The molecule has 2 aromatic carbocycles. The molecule has 0 atom stereocenters. The first-order valence-electron chi connectivity index (χ1n) is 9.25. The van der Waals surface area contributed by atoms with Crippen molar-refractivity contribution >= 4 is 11.3 Å². The Balaban J connectivity index is 1.52. The first-order valence-corrected chi connectivity index (χ1v) is 10.1. The van der Waals surface area contributed by atoms with E-state index in [9.17, 15) is 0 Å². The van der Waals surface area contributed by atoms with Crippen molar-refractivity contribution in [3.63, 3.8) is 0 Å². The van der Waals surface area contributed by atoms with Crippen molar-refractivity contribution < 1.29 is 0 Å². The molecule has 4 aromatic rings. The smallest absolute Gasteiger partial charge is 0.193 e. The third kappa shape index (κ3) is 4.73. The van der Waals surface area contributed by atoms with Crippen LogP contribution < -0.4 is 0 Å². The van der Waals surface area contributed by atoms with E-state index >= 15 is 0 Å². The third-order valence-electron chi connectivity index (χ3n) is 4.65. The summed E-state index contributed by atoms with van der Waals surface area (Å²) in [7, 11) is 0. The number of hydrogen-bond donors (Lipinski definition) is 0. The van der Waals surface area contributed by atoms with Gasteiger partial charge in [0.15, 0.2) is 5.13 Å². The van der Waals surface area contributed by atoms with Gasteiger partial charge >= 0.3 is 0 Å². The van der Waals surface area contributed by atoms with E-state index in [1.165, 1.54) is 16.8 Å². The standard InChI is InChI=1S/C23H23N3S/c1-3-8-20(9-4-1)13-16-25(18-21-10-5-2-6-11-21)19-22-12-7-15-26(22)23-24-14-17-27-23/h1-12,14-15,17H,13,16,18-19H2. The summed E-state index contributed by atoms with van der Waals surface area (Å²) in [5, 5.41) is 3.05. The SMILES string of the molecule is c1ccc(CCN(Cc2ccccc2)Cc2cccn2-c2nccs2)cc1. The van der Waals surface area contributed by atoms with Crippen molar-refractivity contribution in [2.24, 2.45) is 0 Å². The molecule has 0 saturated heterocycles. The number of benzene rings is 2. The van der Waals surface area contributed by atoms with E-state index < -0.39 is 0 Å². The van der Waals surface area contributed by atoms with Crippen LogP contribution in [0.5, 0.6) is 0 Å². The van der Waals surface area contributed by atoms with Gasteiger partial charge in [0.05, 0.1) is 0 Å². The summed E-state index contributed by atoms with van der Waals surface area (Å²) in [4.78, 5) is 6.98. The second-order valence-corrected chi connectivity index (χ2v) is 7.49. The maximum absolute atomic E-state index is 4.47. The molecule has 0 spiro atoms. The van der Waals surface area contributed by atoms with Gasteiger partial charge in [-0.05, 0) is 29.7 Å². The summed E-state index contributed by atoms with van der Waals surface area (Å²) in [6, 6.07) is 25.7. The molecule has 2 heterocycles. The molecule has 0 aliphatic heterocycles. The highest BCUT2D eigenvalue weighted by atomic mass is 32.1. The number of hydrogen-bond acceptors (Lipinski definition) is 3. The molecule has 0 N–H and O–H groups in total. The zero-order valence-corrected chi connectivity index (χ0v) is 16.1. The zero-order chi connectivity index (χ0) is 18.3. The van der Waals surface area contributed by atoms with Gasteiger partial charge < -0.3 is 0 Å². The fourth-order valence-corrected chi connectivity index (χ4v) is 3.94. The van der Waals surface area contributed by atoms with Gasteiger partial charge in [0.25, 0.3) is 0 Å². The van der Waals surface area contributed by atoms with Crippen molar-refractivity contribution in [1.29, 1.82) is 0 Å². The van der Waals surface area contributed by atoms with Gasteiger partial charge in [-0.1, -0.05) is 60.7 Å². The lowest BCUT2D eigenvalue weighted by molar-refractivity contribution is 0.255. The van der Waals surface area contributed by atoms with Crippen LogP contribution >= 0.6 is 11.3 Å². The molecule has 0 bridgehead atoms. The molecule has 0 saturated carbocycles. The third-order valence-corrected chi connectivity index (χ3v) is 5.42. The fraction of sp³-hybridized carbons (Fsp3) is 0.174. The van der Waals surface area contributed by atoms with Crippen LogP contribution in [-0.2, 0) is 19.5 Å². The summed E-state index contributed by atoms with van der Waals surface area (Å²) < 4.78 is 2.20. The van der Waals surface area contributed by atoms with E-state index in [4.69, 9.17) is 0 Å². The predicted octanol–water partition coefficient (Wildman–Crippen LogP) is 5.18. The van der Waals surface area contributed by atoms with Crippen molar-refractivity contribution in [2.75, 3.05) is 6.54 Å². The summed E-state index contributed by atoms with van der Waals surface area (Å²) in [6.07, 6.45) is 5.01. The maximum Gasteiger partial charge on any atom is 0.193 e. The Morgan fingerprint density at radius 3 is 2.26 bits per heavy atom. The minimum absolute atomic E-state index is 0.897. The molecule has 0 aliphatic rings. The lowest BCUT2D eigenvalue weighted by Crippen LogP contribution is -2.26. The molecule has 2 aromatic heterocycles. The largest absolute Gasteiger partial charge is 0.296 e. The predicted molar refractivity (Wildman–Crippen MR) is 112 cm³/mol. The number of nitrogens with zero attached hydrogens (tertiary/aromatic N) is 3. The molecule has 0 amide bonds. The van der Waals surface area contributed by atoms with E-state index in [1.54, 1.807) is 11.3 Å². The van der Waals surface area contributed by atoms with Gasteiger partial charge in [-0.25, -0.2) is 4.98 Å². The summed E-state index contributed by atoms with van der Waals surface area (Å²) in [5.41, 5.74) is 4.00. The van der Waals surface area contributed by atoms with Crippen LogP contribution in [0.15, 0.2) is 90.6 Å². The Hall–Kier alpha value is -2.69. The van der Waals surface area contributed by atoms with Gasteiger partial charge in [-0.15, -0.1) is 11.3 Å². The molecule has 27 heavy (non-hydrogen) atoms. The van der Waals surface area contributed by atoms with Crippen molar-refractivity contribution in [1.82, 2.24) is 14.5 Å². The van der Waals surface area contributed by atoms with E-state index in [0.29, 0.717) is 0 Å². The van der Waals surface area contributed by atoms with E-state index in [2.05, 4.69) is 93.4 Å². The average Bonchev–Trinajstić information content (AvgIpc) is 3.39. The highest BCUT2D eigenvalue weighted by Crippen LogP contribution is 2.18. The molecular formula is C23H23N3S. The van der Waals surface area contributed by atoms with Gasteiger partial charge in [0, 0.05) is 43.1 Å². The van der Waals surface area contributed by atoms with Crippen LogP contribution in [-0.4, -0.2) is 21.0 Å². The van der Waals surface area contributed by atoms with Crippen LogP contribution in [0.25, 0.3) is 5.13 Å². The highest BCUT2D eigenvalue weighted by Gasteiger charge is 2.12. The normalized spacial score (nSPS) is 11.1. The summed E-state index contributed by atoms with van der Waals surface area (Å²) >= 11 is 1.67. The van der Waals surface area contributed by atoms with Crippen molar-refractivity contribution in [2.45, 2.75) is 19.5 Å². The van der Waals surface area contributed by atoms with Gasteiger partial charge in [-0.2, -0.15) is 0 Å². The molecule has 0 fully saturated rings. The minimum Gasteiger partial charge on any atom is -0.296 e. The molecular weight excluding hydrogens is 350 g/mol. The van der Waals surface area contributed by atoms with Crippen LogP contribution in [0, 0.1) is 0 Å². The lowest BCUT2D eigenvalue weighted by atomic mass is 10.1. The Labute approximate surface area is 164 Å². The molecule has 4 heteroatoms. The van der Waals surface area contributed by atoms with Crippen LogP contribution in [0.2, 0.25) is 0 Å². The van der Waals surface area contributed by atoms with E-state index in [1.807, 2.05) is 11.6 Å². The lowest BCUT2D eigenvalue weighted by Gasteiger charge is -2.23. The first-order chi connectivity index (χ1) is 13.4. The Kier molecular flexibility index (Phi) is 5.77. The number of aromatic nitrogens is 2. The van der Waals surface area contributed by atoms with Gasteiger partial charge in [0.2, 0.25) is 0 Å². The van der Waals surface area contributed by atoms with Gasteiger partial charge in [0.1, 0.15) is 0 Å². The number of rotatable bonds is 8. The average molecular weight is 374 g/mol. The Bertz CT molecular complexity index is 930. The molecule has 0 unspecified atom stereocenters. The van der Waals surface area contributed by atoms with Crippen LogP contribution in [0.3, 0.4) is 0 Å². The van der Waals surface area contributed by atoms with E-state index in [0.717, 1.165) is 31.2 Å². The summed E-state index contributed by atoms with van der Waals surface area (Å²) in [5.74, 6) is 0. The quantitative estimate of drug-likeness (QED) is 0.424. The molecule has 0 radical (unpaired) electrons. The number of thiazole rings is 1. The molecule has 0 aliphatic carbocycles. The van der Waals surface area contributed by atoms with Crippen molar-refractivity contribution in [3.8, 4) is 5.13 Å². The second kappa shape index (κ2) is 8.80. The topological polar surface area (TPSA) is 21.1 Å². The fourth-order valence-electron chi connectivity index (χ4n) is 3.28. The monoisotopic (exact) mass is 373 g/mol. The summed E-state index contributed by atoms with van der Waals surface area (Å²) in [6.45, 7) is 2.85. The van der Waals surface area contributed by atoms with Crippen LogP contribution in [0.1, 0.15) is 16.8 Å². The Morgan fingerprint density at radius 1 is 0.815 bits per heavy atom. The molecule has 3 nitrogen and oxygen atoms in total. The second-order valence-electron chi connectivity index (χ2n) is 6.62. The molecule has 4 rings (SSSR count). The highest BCUT2D eigenvalue weighted by molar-refractivity contribution is 7.12. The molecule has 136 valence electrons. The minimum atomic E-state index is 0.897.